The number of anilines is 2. The zero-order valence-corrected chi connectivity index (χ0v) is 9.46. The third-order valence-corrected chi connectivity index (χ3v) is 2.27. The van der Waals surface area contributed by atoms with Gasteiger partial charge in [-0.15, -0.1) is 0 Å². The summed E-state index contributed by atoms with van der Waals surface area (Å²) in [6.45, 7) is 0. The van der Waals surface area contributed by atoms with Crippen LogP contribution in [0.5, 0.6) is 11.6 Å². The van der Waals surface area contributed by atoms with Crippen molar-refractivity contribution in [3.05, 3.63) is 42.0 Å². The van der Waals surface area contributed by atoms with Crippen molar-refractivity contribution in [1.29, 1.82) is 0 Å². The molecule has 0 unspecified atom stereocenters. The summed E-state index contributed by atoms with van der Waals surface area (Å²) in [5, 5.41) is 0. The minimum Gasteiger partial charge on any atom is -0.439 e. The number of benzene rings is 1. The van der Waals surface area contributed by atoms with Gasteiger partial charge in [-0.2, -0.15) is 4.98 Å². The molecule has 18 heavy (non-hydrogen) atoms. The van der Waals surface area contributed by atoms with Gasteiger partial charge in [-0.05, 0) is 24.3 Å². The maximum atomic E-state index is 11.0. The lowest BCUT2D eigenvalue weighted by atomic mass is 10.2. The number of carbonyl (C=O) groups is 1. The van der Waals surface area contributed by atoms with Crippen molar-refractivity contribution in [2.45, 2.75) is 0 Å². The van der Waals surface area contributed by atoms with Crippen molar-refractivity contribution in [3.8, 4) is 11.6 Å². The number of nitrogen functional groups attached to an aromatic ring is 2. The van der Waals surface area contributed by atoms with E-state index in [9.17, 15) is 4.79 Å². The maximum absolute atomic E-state index is 11.0. The molecule has 1 aromatic heterocycles. The number of primary amides is 1. The average molecular weight is 244 g/mol. The smallest absolute Gasteiger partial charge is 0.248 e. The largest absolute Gasteiger partial charge is 0.439 e. The molecule has 0 spiro atoms. The van der Waals surface area contributed by atoms with Gasteiger partial charge in [-0.25, -0.2) is 0 Å². The van der Waals surface area contributed by atoms with Gasteiger partial charge < -0.3 is 21.9 Å². The Morgan fingerprint density at radius 3 is 2.61 bits per heavy atom. The van der Waals surface area contributed by atoms with Gasteiger partial charge in [0.15, 0.2) is 5.82 Å². The lowest BCUT2D eigenvalue weighted by Crippen LogP contribution is -2.10. The molecule has 1 aromatic carbocycles. The van der Waals surface area contributed by atoms with Crippen LogP contribution in [0.1, 0.15) is 10.4 Å². The van der Waals surface area contributed by atoms with E-state index in [0.29, 0.717) is 22.9 Å². The highest BCUT2D eigenvalue weighted by molar-refractivity contribution is 5.93. The molecule has 0 fully saturated rings. The molecule has 2 aromatic rings. The first-order valence-electron chi connectivity index (χ1n) is 5.16. The minimum absolute atomic E-state index is 0.193. The van der Waals surface area contributed by atoms with Gasteiger partial charge >= 0.3 is 0 Å². The highest BCUT2D eigenvalue weighted by atomic mass is 16.5. The molecule has 1 amide bonds. The van der Waals surface area contributed by atoms with Crippen LogP contribution in [0.3, 0.4) is 0 Å². The Bertz CT molecular complexity index is 598. The zero-order valence-electron chi connectivity index (χ0n) is 9.46. The molecule has 0 atom stereocenters. The number of nitrogens with zero attached hydrogens (tertiary/aromatic N) is 1. The Kier molecular flexibility index (Phi) is 3.01. The second kappa shape index (κ2) is 4.62. The molecule has 0 aliphatic heterocycles. The van der Waals surface area contributed by atoms with Gasteiger partial charge in [0.1, 0.15) is 5.75 Å². The molecular formula is C12H12N4O2. The Morgan fingerprint density at radius 2 is 1.94 bits per heavy atom. The number of rotatable bonds is 3. The highest BCUT2D eigenvalue weighted by Gasteiger charge is 2.05. The van der Waals surface area contributed by atoms with Crippen LogP contribution in [0.4, 0.5) is 11.5 Å². The highest BCUT2D eigenvalue weighted by Crippen LogP contribution is 2.23. The van der Waals surface area contributed by atoms with Crippen LogP contribution in [0.15, 0.2) is 36.4 Å². The number of hydrogen-bond acceptors (Lipinski definition) is 5. The molecule has 6 nitrogen and oxygen atoms in total. The van der Waals surface area contributed by atoms with Crippen molar-refractivity contribution in [2.75, 3.05) is 11.5 Å². The van der Waals surface area contributed by atoms with Gasteiger partial charge in [0.25, 0.3) is 0 Å². The SMILES string of the molecule is NC(=O)c1cccc(Oc2ccc(N)c(N)n2)c1. The first-order chi connectivity index (χ1) is 8.56. The van der Waals surface area contributed by atoms with Crippen molar-refractivity contribution >= 4 is 17.4 Å². The lowest BCUT2D eigenvalue weighted by Gasteiger charge is -2.07. The summed E-state index contributed by atoms with van der Waals surface area (Å²) < 4.78 is 5.45. The monoisotopic (exact) mass is 244 g/mol. The molecule has 2 rings (SSSR count). The van der Waals surface area contributed by atoms with Gasteiger partial charge in [0.05, 0.1) is 5.69 Å². The molecule has 92 valence electrons. The predicted octanol–water partition coefficient (Wildman–Crippen LogP) is 1.14. The number of carbonyl (C=O) groups excluding carboxylic acids is 1. The summed E-state index contributed by atoms with van der Waals surface area (Å²) in [6, 6.07) is 9.64. The topological polar surface area (TPSA) is 117 Å². The number of pyridine rings is 1. The van der Waals surface area contributed by atoms with Crippen molar-refractivity contribution in [1.82, 2.24) is 4.98 Å². The van der Waals surface area contributed by atoms with E-state index in [-0.39, 0.29) is 5.82 Å². The zero-order chi connectivity index (χ0) is 13.1. The summed E-state index contributed by atoms with van der Waals surface area (Å²) >= 11 is 0. The van der Waals surface area contributed by atoms with E-state index in [1.807, 2.05) is 0 Å². The number of aromatic nitrogens is 1. The van der Waals surface area contributed by atoms with E-state index in [1.165, 1.54) is 6.07 Å². The van der Waals surface area contributed by atoms with Crippen LogP contribution in [-0.4, -0.2) is 10.9 Å². The average Bonchev–Trinajstić information content (AvgIpc) is 2.34. The minimum atomic E-state index is -0.523. The summed E-state index contributed by atoms with van der Waals surface area (Å²) in [6.07, 6.45) is 0. The molecule has 0 aliphatic carbocycles. The van der Waals surface area contributed by atoms with E-state index >= 15 is 0 Å². The van der Waals surface area contributed by atoms with Gasteiger partial charge in [0.2, 0.25) is 11.8 Å². The summed E-state index contributed by atoms with van der Waals surface area (Å²) in [5.74, 6) is 0.412. The number of hydrogen-bond donors (Lipinski definition) is 3. The van der Waals surface area contributed by atoms with Crippen molar-refractivity contribution in [3.63, 3.8) is 0 Å². The lowest BCUT2D eigenvalue weighted by molar-refractivity contribution is 0.1000. The Labute approximate surface area is 103 Å². The fourth-order valence-corrected chi connectivity index (χ4v) is 1.36. The first-order valence-corrected chi connectivity index (χ1v) is 5.16. The van der Waals surface area contributed by atoms with Crippen LogP contribution in [0, 0.1) is 0 Å². The molecule has 0 saturated carbocycles. The molecule has 0 aliphatic rings. The van der Waals surface area contributed by atoms with E-state index in [2.05, 4.69) is 4.98 Å². The Morgan fingerprint density at radius 1 is 1.17 bits per heavy atom. The van der Waals surface area contributed by atoms with E-state index in [4.69, 9.17) is 21.9 Å². The van der Waals surface area contributed by atoms with Crippen LogP contribution in [0.2, 0.25) is 0 Å². The summed E-state index contributed by atoms with van der Waals surface area (Å²) in [5.41, 5.74) is 17.0. The molecular weight excluding hydrogens is 232 g/mol. The molecule has 6 N–H and O–H groups in total. The van der Waals surface area contributed by atoms with Crippen LogP contribution in [0.25, 0.3) is 0 Å². The molecule has 1 heterocycles. The molecule has 0 radical (unpaired) electrons. The summed E-state index contributed by atoms with van der Waals surface area (Å²) in [4.78, 5) is 15.0. The van der Waals surface area contributed by atoms with E-state index in [1.54, 1.807) is 30.3 Å². The second-order valence-corrected chi connectivity index (χ2v) is 3.62. The normalized spacial score (nSPS) is 10.0. The molecule has 0 bridgehead atoms. The number of ether oxygens (including phenoxy) is 1. The van der Waals surface area contributed by atoms with Crippen LogP contribution >= 0.6 is 0 Å². The van der Waals surface area contributed by atoms with Crippen LogP contribution in [-0.2, 0) is 0 Å². The van der Waals surface area contributed by atoms with Gasteiger partial charge in [0, 0.05) is 11.6 Å². The molecule has 6 heteroatoms. The Hall–Kier alpha value is -2.76. The fraction of sp³-hybridized carbons (Fsp3) is 0. The van der Waals surface area contributed by atoms with Gasteiger partial charge in [-0.1, -0.05) is 6.07 Å². The standard InChI is InChI=1S/C12H12N4O2/c13-9-4-5-10(16-11(9)14)18-8-3-1-2-7(6-8)12(15)17/h1-6H,13H2,(H2,14,16)(H2,15,17). The third kappa shape index (κ3) is 2.49. The van der Waals surface area contributed by atoms with Crippen molar-refractivity contribution in [2.24, 2.45) is 5.73 Å². The fourth-order valence-electron chi connectivity index (χ4n) is 1.36. The Balaban J connectivity index is 2.25. The van der Waals surface area contributed by atoms with Gasteiger partial charge in [-0.3, -0.25) is 4.79 Å². The summed E-state index contributed by atoms with van der Waals surface area (Å²) in [7, 11) is 0. The van der Waals surface area contributed by atoms with Crippen LogP contribution < -0.4 is 21.9 Å². The quantitative estimate of drug-likeness (QED) is 0.748. The second-order valence-electron chi connectivity index (χ2n) is 3.62. The third-order valence-electron chi connectivity index (χ3n) is 2.27. The number of amides is 1. The predicted molar refractivity (Wildman–Crippen MR) is 68.1 cm³/mol. The van der Waals surface area contributed by atoms with E-state index in [0.717, 1.165) is 0 Å². The first kappa shape index (κ1) is 11.7. The maximum Gasteiger partial charge on any atom is 0.248 e. The van der Waals surface area contributed by atoms with E-state index < -0.39 is 5.91 Å². The van der Waals surface area contributed by atoms with Crippen molar-refractivity contribution < 1.29 is 9.53 Å². The number of nitrogens with two attached hydrogens (primary N) is 3. The molecule has 0 saturated heterocycles.